The van der Waals surface area contributed by atoms with Gasteiger partial charge in [0.2, 0.25) is 5.91 Å². The maximum absolute atomic E-state index is 13.6. The van der Waals surface area contributed by atoms with Crippen LogP contribution in [0.15, 0.2) is 12.1 Å². The zero-order valence-corrected chi connectivity index (χ0v) is 13.1. The molecule has 116 valence electrons. The molecule has 1 rings (SSSR count). The number of halogens is 2. The van der Waals surface area contributed by atoms with Crippen LogP contribution in [0.1, 0.15) is 31.1 Å². The van der Waals surface area contributed by atoms with Crippen molar-refractivity contribution < 1.29 is 23.1 Å². The first-order valence-electron chi connectivity index (χ1n) is 6.15. The van der Waals surface area contributed by atoms with Crippen molar-refractivity contribution in [2.45, 2.75) is 25.5 Å². The summed E-state index contributed by atoms with van der Waals surface area (Å²) in [5.74, 6) is -3.24. The Hall–Kier alpha value is -1.63. The van der Waals surface area contributed by atoms with Crippen molar-refractivity contribution in [1.82, 2.24) is 0 Å². The highest BCUT2D eigenvalue weighted by molar-refractivity contribution is 8.01. The largest absolute Gasteiger partial charge is 0.465 e. The van der Waals surface area contributed by atoms with Crippen molar-refractivity contribution in [2.24, 2.45) is 0 Å². The molecule has 1 amide bonds. The number of ether oxygens (including phenoxy) is 1. The van der Waals surface area contributed by atoms with Gasteiger partial charge in [0.15, 0.2) is 0 Å². The first kappa shape index (κ1) is 17.4. The molecular weight excluding hydrogens is 300 g/mol. The summed E-state index contributed by atoms with van der Waals surface area (Å²) in [5, 5.41) is 2.32. The van der Waals surface area contributed by atoms with E-state index in [1.54, 1.807) is 0 Å². The molecule has 0 radical (unpaired) electrons. The second-order valence-corrected chi connectivity index (χ2v) is 7.05. The second kappa shape index (κ2) is 6.89. The van der Waals surface area contributed by atoms with Gasteiger partial charge in [0.05, 0.1) is 24.1 Å². The highest BCUT2D eigenvalue weighted by Gasteiger charge is 2.19. The summed E-state index contributed by atoms with van der Waals surface area (Å²) in [6.07, 6.45) is 0. The molecule has 0 saturated heterocycles. The minimum Gasteiger partial charge on any atom is -0.465 e. The number of methoxy groups -OCH3 is 1. The molecule has 1 aromatic rings. The molecule has 0 aliphatic heterocycles. The molecule has 0 fully saturated rings. The zero-order chi connectivity index (χ0) is 16.2. The van der Waals surface area contributed by atoms with Crippen molar-refractivity contribution in [2.75, 3.05) is 18.2 Å². The smallest absolute Gasteiger partial charge is 0.340 e. The summed E-state index contributed by atoms with van der Waals surface area (Å²) in [6, 6.07) is 1.47. The van der Waals surface area contributed by atoms with Gasteiger partial charge < -0.3 is 10.1 Å². The van der Waals surface area contributed by atoms with Crippen LogP contribution in [0.2, 0.25) is 0 Å². The van der Waals surface area contributed by atoms with Crippen LogP contribution in [0.3, 0.4) is 0 Å². The van der Waals surface area contributed by atoms with Gasteiger partial charge in [-0.1, -0.05) is 20.8 Å². The number of benzene rings is 1. The van der Waals surface area contributed by atoms with E-state index >= 15 is 0 Å². The number of anilines is 1. The molecule has 4 nitrogen and oxygen atoms in total. The Kier molecular flexibility index (Phi) is 5.71. The first-order chi connectivity index (χ1) is 9.64. The topological polar surface area (TPSA) is 55.4 Å². The summed E-state index contributed by atoms with van der Waals surface area (Å²) >= 11 is 1.38. The molecule has 1 N–H and O–H groups in total. The van der Waals surface area contributed by atoms with Crippen LogP contribution in [0.25, 0.3) is 0 Å². The molecule has 0 heterocycles. The maximum atomic E-state index is 13.6. The SMILES string of the molecule is COC(=O)c1cc(NC(=O)CSC(C)(C)C)c(F)cc1F. The number of hydrogen-bond donors (Lipinski definition) is 1. The van der Waals surface area contributed by atoms with E-state index in [1.807, 2.05) is 20.8 Å². The van der Waals surface area contributed by atoms with Gasteiger partial charge in [-0.15, -0.1) is 11.8 Å². The van der Waals surface area contributed by atoms with Crippen molar-refractivity contribution in [3.8, 4) is 0 Å². The monoisotopic (exact) mass is 317 g/mol. The normalized spacial score (nSPS) is 11.1. The maximum Gasteiger partial charge on any atom is 0.340 e. The Morgan fingerprint density at radius 3 is 2.38 bits per heavy atom. The quantitative estimate of drug-likeness (QED) is 0.866. The lowest BCUT2D eigenvalue weighted by atomic mass is 10.1. The number of nitrogens with one attached hydrogen (secondary N) is 1. The highest BCUT2D eigenvalue weighted by atomic mass is 32.2. The van der Waals surface area contributed by atoms with Crippen molar-refractivity contribution in [1.29, 1.82) is 0 Å². The minimum atomic E-state index is -1.04. The number of carbonyl (C=O) groups is 2. The lowest BCUT2D eigenvalue weighted by molar-refractivity contribution is -0.113. The lowest BCUT2D eigenvalue weighted by Crippen LogP contribution is -2.20. The summed E-state index contributed by atoms with van der Waals surface area (Å²) in [7, 11) is 1.09. The summed E-state index contributed by atoms with van der Waals surface area (Å²) < 4.78 is 31.3. The Morgan fingerprint density at radius 1 is 1.24 bits per heavy atom. The van der Waals surface area contributed by atoms with Crippen LogP contribution in [0.4, 0.5) is 14.5 Å². The van der Waals surface area contributed by atoms with Crippen LogP contribution in [0, 0.1) is 11.6 Å². The standard InChI is InChI=1S/C14H17F2NO3S/c1-14(2,3)21-7-12(18)17-11-5-8(13(19)20-4)9(15)6-10(11)16/h5-6H,7H2,1-4H3,(H,17,18). The second-order valence-electron chi connectivity index (χ2n) is 5.25. The van der Waals surface area contributed by atoms with Crippen LogP contribution >= 0.6 is 11.8 Å². The zero-order valence-electron chi connectivity index (χ0n) is 12.3. The molecular formula is C14H17F2NO3S. The Bertz CT molecular complexity index is 556. The van der Waals surface area contributed by atoms with Gasteiger partial charge >= 0.3 is 5.97 Å². The van der Waals surface area contributed by atoms with E-state index < -0.39 is 29.1 Å². The van der Waals surface area contributed by atoms with Crippen LogP contribution in [0.5, 0.6) is 0 Å². The van der Waals surface area contributed by atoms with Gasteiger partial charge in [0.25, 0.3) is 0 Å². The lowest BCUT2D eigenvalue weighted by Gasteiger charge is -2.17. The molecule has 0 aliphatic carbocycles. The Labute approximate surface area is 126 Å². The van der Waals surface area contributed by atoms with Gasteiger partial charge in [-0.05, 0) is 6.07 Å². The van der Waals surface area contributed by atoms with E-state index in [4.69, 9.17) is 0 Å². The van der Waals surface area contributed by atoms with E-state index in [0.29, 0.717) is 6.07 Å². The average Bonchev–Trinajstić information content (AvgIpc) is 2.38. The van der Waals surface area contributed by atoms with Gasteiger partial charge in [0, 0.05) is 10.8 Å². The Balaban J connectivity index is 2.88. The number of amides is 1. The van der Waals surface area contributed by atoms with Crippen molar-refractivity contribution in [3.63, 3.8) is 0 Å². The third-order valence-corrected chi connectivity index (χ3v) is 3.64. The molecule has 1 aromatic carbocycles. The van der Waals surface area contributed by atoms with E-state index in [2.05, 4.69) is 10.1 Å². The van der Waals surface area contributed by atoms with Crippen molar-refractivity contribution >= 4 is 29.3 Å². The summed E-state index contributed by atoms with van der Waals surface area (Å²) in [6.45, 7) is 5.83. The number of esters is 1. The third kappa shape index (κ3) is 5.34. The fourth-order valence-corrected chi connectivity index (χ4v) is 2.02. The molecule has 0 aromatic heterocycles. The third-order valence-electron chi connectivity index (χ3n) is 2.37. The summed E-state index contributed by atoms with van der Waals surface area (Å²) in [4.78, 5) is 23.1. The molecule has 0 spiro atoms. The van der Waals surface area contributed by atoms with Crippen molar-refractivity contribution in [3.05, 3.63) is 29.3 Å². The average molecular weight is 317 g/mol. The fraction of sp³-hybridized carbons (Fsp3) is 0.429. The van der Waals surface area contributed by atoms with Gasteiger partial charge in [-0.2, -0.15) is 0 Å². The van der Waals surface area contributed by atoms with Gasteiger partial charge in [-0.3, -0.25) is 4.79 Å². The van der Waals surface area contributed by atoms with Gasteiger partial charge in [-0.25, -0.2) is 13.6 Å². The predicted octanol–water partition coefficient (Wildman–Crippen LogP) is 3.22. The molecule has 0 bridgehead atoms. The van der Waals surface area contributed by atoms with E-state index in [1.165, 1.54) is 11.8 Å². The van der Waals surface area contributed by atoms with Gasteiger partial charge in [0.1, 0.15) is 11.6 Å². The molecule has 7 heteroatoms. The van der Waals surface area contributed by atoms with E-state index in [9.17, 15) is 18.4 Å². The highest BCUT2D eigenvalue weighted by Crippen LogP contribution is 2.24. The number of carbonyl (C=O) groups excluding carboxylic acids is 2. The molecule has 0 atom stereocenters. The minimum absolute atomic E-state index is 0.115. The fourth-order valence-electron chi connectivity index (χ4n) is 1.38. The molecule has 21 heavy (non-hydrogen) atoms. The first-order valence-corrected chi connectivity index (χ1v) is 7.14. The molecule has 0 aliphatic rings. The summed E-state index contributed by atoms with van der Waals surface area (Å²) in [5.41, 5.74) is -0.686. The van der Waals surface area contributed by atoms with Crippen LogP contribution in [-0.4, -0.2) is 29.5 Å². The van der Waals surface area contributed by atoms with E-state index in [-0.39, 0.29) is 16.2 Å². The Morgan fingerprint density at radius 2 is 1.86 bits per heavy atom. The molecule has 0 unspecified atom stereocenters. The number of rotatable bonds is 4. The predicted molar refractivity (Wildman–Crippen MR) is 78.5 cm³/mol. The van der Waals surface area contributed by atoms with Crippen LogP contribution < -0.4 is 5.32 Å². The molecule has 0 saturated carbocycles. The van der Waals surface area contributed by atoms with Crippen LogP contribution in [-0.2, 0) is 9.53 Å². The number of hydrogen-bond acceptors (Lipinski definition) is 4. The number of thioether (sulfide) groups is 1. The van der Waals surface area contributed by atoms with E-state index in [0.717, 1.165) is 13.2 Å².